The van der Waals surface area contributed by atoms with Crippen LogP contribution in [0.25, 0.3) is 0 Å². The molecule has 2 N–H and O–H groups in total. The minimum atomic E-state index is -3.18. The van der Waals surface area contributed by atoms with Crippen LogP contribution in [0.5, 0.6) is 5.75 Å². The molecule has 0 aliphatic rings. The quantitative estimate of drug-likeness (QED) is 0.600. The number of hydrogen-bond acceptors (Lipinski definition) is 7. The number of aryl methyl sites for hydroxylation is 1. The number of rotatable bonds is 8. The number of nitrogens with two attached hydrogens (primary N) is 1. The lowest BCUT2D eigenvalue weighted by atomic mass is 10.1. The van der Waals surface area contributed by atoms with E-state index in [1.165, 1.54) is 24.3 Å². The van der Waals surface area contributed by atoms with E-state index in [9.17, 15) is 9.18 Å². The topological polar surface area (TPSA) is 118 Å². The Labute approximate surface area is 182 Å². The maximum Gasteiger partial charge on any atom is 0.312 e. The van der Waals surface area contributed by atoms with Crippen molar-refractivity contribution in [3.05, 3.63) is 70.9 Å². The van der Waals surface area contributed by atoms with Crippen molar-refractivity contribution in [2.24, 2.45) is 0 Å². The van der Waals surface area contributed by atoms with Gasteiger partial charge in [-0.15, -0.1) is 5.10 Å². The first-order chi connectivity index (χ1) is 17.2. The molecule has 9 heteroatoms. The summed E-state index contributed by atoms with van der Waals surface area (Å²) >= 11 is 0. The summed E-state index contributed by atoms with van der Waals surface area (Å²) in [6.07, 6.45) is -2.94. The molecule has 1 aromatic heterocycles. The Hall–Kier alpha value is -3.93. The number of nitrogen functional groups attached to an aromatic ring is 1. The Morgan fingerprint density at radius 1 is 1.33 bits per heavy atom. The molecule has 1 heterocycles. The molecule has 0 radical (unpaired) electrons. The largest absolute Gasteiger partial charge is 0.483 e. The smallest absolute Gasteiger partial charge is 0.312 e. The number of ether oxygens (including phenoxy) is 1. The number of carbonyl (C=O) groups is 1. The average molecular weight is 416 g/mol. The Bertz CT molecular complexity index is 1340. The van der Waals surface area contributed by atoms with Crippen molar-refractivity contribution in [3.8, 4) is 11.8 Å². The normalized spacial score (nSPS) is 15.3. The number of halogens is 1. The van der Waals surface area contributed by atoms with Gasteiger partial charge in [0.25, 0.3) is 5.91 Å². The van der Waals surface area contributed by atoms with Crippen molar-refractivity contribution < 1.29 is 27.9 Å². The highest BCUT2D eigenvalue weighted by Gasteiger charge is 2.20. The molecule has 0 atom stereocenters. The van der Waals surface area contributed by atoms with Gasteiger partial charge in [-0.25, -0.2) is 4.39 Å². The number of aromatic nitrogens is 2. The summed E-state index contributed by atoms with van der Waals surface area (Å²) in [6, 6.07) is 9.85. The number of benzene rings is 2. The van der Waals surface area contributed by atoms with Crippen molar-refractivity contribution in [2.45, 2.75) is 26.3 Å². The first-order valence-electron chi connectivity index (χ1n) is 12.0. The van der Waals surface area contributed by atoms with E-state index in [-0.39, 0.29) is 23.0 Å². The van der Waals surface area contributed by atoms with Gasteiger partial charge in [0.15, 0.2) is 6.56 Å². The highest BCUT2D eigenvalue weighted by Crippen LogP contribution is 2.19. The van der Waals surface area contributed by atoms with E-state index in [1.807, 2.05) is 0 Å². The van der Waals surface area contributed by atoms with E-state index < -0.39 is 55.9 Å². The molecule has 0 aliphatic heterocycles. The minimum absolute atomic E-state index is 0.0302. The van der Waals surface area contributed by atoms with Gasteiger partial charge in [0.05, 0.1) is 20.9 Å². The van der Waals surface area contributed by atoms with E-state index in [0.717, 1.165) is 23.1 Å². The van der Waals surface area contributed by atoms with Crippen molar-refractivity contribution >= 4 is 11.9 Å². The molecule has 0 saturated carbocycles. The van der Waals surface area contributed by atoms with Gasteiger partial charge >= 0.3 is 6.01 Å². The summed E-state index contributed by atoms with van der Waals surface area (Å²) in [4.78, 5) is 14.1. The predicted molar refractivity (Wildman–Crippen MR) is 105 cm³/mol. The van der Waals surface area contributed by atoms with Gasteiger partial charge in [-0.05, 0) is 30.1 Å². The lowest BCUT2D eigenvalue weighted by Gasteiger charge is -2.22. The first-order valence-corrected chi connectivity index (χ1v) is 8.50. The number of nitriles is 1. The van der Waals surface area contributed by atoms with Crippen LogP contribution in [0.15, 0.2) is 46.9 Å². The summed E-state index contributed by atoms with van der Waals surface area (Å²) < 4.78 is 79.9. The molecule has 0 aliphatic carbocycles. The van der Waals surface area contributed by atoms with Crippen LogP contribution in [0.1, 0.15) is 39.0 Å². The van der Waals surface area contributed by atoms with E-state index >= 15 is 0 Å². The zero-order valence-corrected chi connectivity index (χ0v) is 15.4. The van der Waals surface area contributed by atoms with E-state index in [1.54, 1.807) is 6.07 Å². The Morgan fingerprint density at radius 2 is 2.17 bits per heavy atom. The van der Waals surface area contributed by atoms with Crippen LogP contribution in [-0.4, -0.2) is 27.6 Å². The third-order valence-corrected chi connectivity index (χ3v) is 3.91. The standard InChI is InChI=1S/C21H20FN5O3/c1-2-15-5-3-4-6-18(15)29-13-20(28)27(12-19-25-26-21(24)30-19)11-16-8-7-14(10-23)9-17(16)22/h3-9H,2,11-13H2,1H3,(H2,24,26)/i1D3,2D2,13D2. The zero-order valence-electron chi connectivity index (χ0n) is 22.4. The van der Waals surface area contributed by atoms with Crippen LogP contribution in [0, 0.1) is 17.1 Å². The van der Waals surface area contributed by atoms with E-state index in [0.29, 0.717) is 0 Å². The highest BCUT2D eigenvalue weighted by atomic mass is 19.1. The van der Waals surface area contributed by atoms with Gasteiger partial charge in [0, 0.05) is 19.0 Å². The van der Waals surface area contributed by atoms with Gasteiger partial charge in [-0.2, -0.15) is 5.26 Å². The van der Waals surface area contributed by atoms with Crippen LogP contribution in [0.2, 0.25) is 0 Å². The third-order valence-electron chi connectivity index (χ3n) is 3.91. The molecule has 2 aromatic carbocycles. The Morgan fingerprint density at radius 3 is 2.87 bits per heavy atom. The molecule has 0 fully saturated rings. The van der Waals surface area contributed by atoms with Crippen LogP contribution < -0.4 is 10.5 Å². The second-order valence-electron chi connectivity index (χ2n) is 5.94. The summed E-state index contributed by atoms with van der Waals surface area (Å²) in [5.41, 5.74) is 4.86. The zero-order chi connectivity index (χ0) is 27.6. The monoisotopic (exact) mass is 416 g/mol. The van der Waals surface area contributed by atoms with Gasteiger partial charge < -0.3 is 19.8 Å². The van der Waals surface area contributed by atoms with Crippen molar-refractivity contribution in [1.82, 2.24) is 15.1 Å². The molecule has 1 amide bonds. The third kappa shape index (κ3) is 5.11. The van der Waals surface area contributed by atoms with Crippen LogP contribution >= 0.6 is 0 Å². The van der Waals surface area contributed by atoms with Gasteiger partial charge in [0.2, 0.25) is 5.89 Å². The van der Waals surface area contributed by atoms with Crippen molar-refractivity contribution in [2.75, 3.05) is 12.3 Å². The highest BCUT2D eigenvalue weighted by molar-refractivity contribution is 5.77. The second-order valence-corrected chi connectivity index (χ2v) is 5.94. The van der Waals surface area contributed by atoms with E-state index in [4.69, 9.17) is 29.7 Å². The molecular weight excluding hydrogens is 389 g/mol. The first kappa shape index (κ1) is 13.3. The number of para-hydroxylation sites is 1. The number of carbonyl (C=O) groups excluding carboxylic acids is 1. The molecule has 30 heavy (non-hydrogen) atoms. The fourth-order valence-corrected chi connectivity index (χ4v) is 2.47. The summed E-state index contributed by atoms with van der Waals surface area (Å²) in [7, 11) is 0. The maximum atomic E-state index is 14.6. The SMILES string of the molecule is [2H]C([2H])(Oc1ccccc1C([2H])([2H])C([2H])([2H])[2H])C(=O)N(Cc1nnc(N)o1)Cc1ccc(C#N)cc1F. The van der Waals surface area contributed by atoms with Crippen molar-refractivity contribution in [3.63, 3.8) is 0 Å². The Balaban J connectivity index is 1.96. The molecule has 154 valence electrons. The summed E-state index contributed by atoms with van der Waals surface area (Å²) in [5, 5.41) is 16.0. The minimum Gasteiger partial charge on any atom is -0.483 e. The molecular formula is C21H20FN5O3. The number of hydrogen-bond donors (Lipinski definition) is 1. The molecule has 3 aromatic rings. The van der Waals surface area contributed by atoms with Crippen LogP contribution in [-0.2, 0) is 24.3 Å². The Kier molecular flexibility index (Phi) is 4.23. The van der Waals surface area contributed by atoms with Crippen LogP contribution in [0.4, 0.5) is 10.4 Å². The number of anilines is 1. The van der Waals surface area contributed by atoms with Gasteiger partial charge in [0.1, 0.15) is 11.6 Å². The lowest BCUT2D eigenvalue weighted by Crippen LogP contribution is -2.34. The fraction of sp³-hybridized carbons (Fsp3) is 0.238. The fourth-order valence-electron chi connectivity index (χ4n) is 2.47. The number of amides is 1. The average Bonchev–Trinajstić information content (AvgIpc) is 3.23. The molecule has 0 unspecified atom stereocenters. The lowest BCUT2D eigenvalue weighted by molar-refractivity contribution is -0.135. The second kappa shape index (κ2) is 9.52. The van der Waals surface area contributed by atoms with Gasteiger partial charge in [-0.1, -0.05) is 36.2 Å². The molecule has 0 bridgehead atoms. The number of nitrogens with zero attached hydrogens (tertiary/aromatic N) is 4. The molecule has 0 saturated heterocycles. The van der Waals surface area contributed by atoms with Crippen LogP contribution in [0.3, 0.4) is 0 Å². The van der Waals surface area contributed by atoms with Gasteiger partial charge in [-0.3, -0.25) is 4.79 Å². The molecule has 3 rings (SSSR count). The van der Waals surface area contributed by atoms with Crippen molar-refractivity contribution in [1.29, 1.82) is 5.26 Å². The maximum absolute atomic E-state index is 14.6. The summed E-state index contributed by atoms with van der Waals surface area (Å²) in [5.74, 6) is -2.90. The predicted octanol–water partition coefficient (Wildman–Crippen LogP) is 2.83. The van der Waals surface area contributed by atoms with E-state index in [2.05, 4.69) is 10.2 Å². The summed E-state index contributed by atoms with van der Waals surface area (Å²) in [6.45, 7) is -7.34. The molecule has 8 nitrogen and oxygen atoms in total. The molecule has 0 spiro atoms.